The highest BCUT2D eigenvalue weighted by Gasteiger charge is 2.41. The molecule has 5 rings (SSSR count). The van der Waals surface area contributed by atoms with E-state index in [1.165, 1.54) is 4.90 Å². The Bertz CT molecular complexity index is 1050. The molecular weight excluding hydrogens is 362 g/mol. The highest BCUT2D eigenvalue weighted by Crippen LogP contribution is 2.47. The van der Waals surface area contributed by atoms with Crippen LogP contribution in [0.4, 0.5) is 17.7 Å². The minimum atomic E-state index is -1.00. The fourth-order valence-corrected chi connectivity index (χ4v) is 3.67. The number of rotatable bonds is 5. The number of hydrogen-bond donors (Lipinski definition) is 4. The maximum absolute atomic E-state index is 11.6. The molecule has 1 aliphatic heterocycles. The topological polar surface area (TPSA) is 132 Å². The number of hydrogen-bond acceptors (Lipinski definition) is 7. The highest BCUT2D eigenvalue weighted by molar-refractivity contribution is 5.78. The minimum Gasteiger partial charge on any atom is -0.480 e. The maximum atomic E-state index is 11.6. The van der Waals surface area contributed by atoms with Gasteiger partial charge in [0.15, 0.2) is 5.82 Å². The quantitative estimate of drug-likeness (QED) is 0.518. The van der Waals surface area contributed by atoms with E-state index in [1.54, 1.807) is 4.40 Å². The number of anilines is 3. The Morgan fingerprint density at radius 1 is 1.39 bits per heavy atom. The van der Waals surface area contributed by atoms with Crippen molar-refractivity contribution in [1.29, 1.82) is 0 Å². The normalized spacial score (nSPS) is 23.3. The first-order chi connectivity index (χ1) is 13.4. The molecule has 28 heavy (non-hydrogen) atoms. The standard InChI is InChI=1S/C18H21N7O3/c1-18(4-5-18)12-8-13(23-22-12)19-16-21-17(20-14-3-2-6-24(14)16)25-9-10(26)7-11(25)15(27)28/h2-3,6,8,10-11,26H,4-5,7,9H2,1H3,(H,27,28)(H2,19,20,21,22,23)/t10-,11-/m0/s1. The van der Waals surface area contributed by atoms with Crippen LogP contribution in [0.5, 0.6) is 0 Å². The predicted molar refractivity (Wildman–Crippen MR) is 101 cm³/mol. The van der Waals surface area contributed by atoms with Gasteiger partial charge in [0, 0.05) is 36.3 Å². The van der Waals surface area contributed by atoms with Gasteiger partial charge in [-0.3, -0.25) is 9.50 Å². The lowest BCUT2D eigenvalue weighted by Gasteiger charge is -2.21. The Morgan fingerprint density at radius 2 is 2.21 bits per heavy atom. The van der Waals surface area contributed by atoms with Crippen molar-refractivity contribution in [1.82, 2.24) is 24.6 Å². The molecule has 1 saturated heterocycles. The van der Waals surface area contributed by atoms with Crippen LogP contribution in [0.1, 0.15) is 31.9 Å². The van der Waals surface area contributed by atoms with Crippen LogP contribution in [0.25, 0.3) is 5.65 Å². The zero-order valence-electron chi connectivity index (χ0n) is 15.3. The van der Waals surface area contributed by atoms with Crippen molar-refractivity contribution >= 4 is 29.3 Å². The van der Waals surface area contributed by atoms with E-state index in [0.717, 1.165) is 18.5 Å². The van der Waals surface area contributed by atoms with Gasteiger partial charge in [0.1, 0.15) is 11.7 Å². The van der Waals surface area contributed by atoms with Crippen LogP contribution in [0, 0.1) is 0 Å². The van der Waals surface area contributed by atoms with E-state index in [9.17, 15) is 15.0 Å². The first-order valence-corrected chi connectivity index (χ1v) is 9.28. The molecule has 0 amide bonds. The van der Waals surface area contributed by atoms with E-state index in [-0.39, 0.29) is 24.3 Å². The number of aromatic amines is 1. The third-order valence-corrected chi connectivity index (χ3v) is 5.66. The second-order valence-corrected chi connectivity index (χ2v) is 7.83. The van der Waals surface area contributed by atoms with Gasteiger partial charge in [0.25, 0.3) is 0 Å². The molecule has 0 unspecified atom stereocenters. The van der Waals surface area contributed by atoms with Gasteiger partial charge < -0.3 is 20.4 Å². The lowest BCUT2D eigenvalue weighted by molar-refractivity contribution is -0.138. The monoisotopic (exact) mass is 383 g/mol. The van der Waals surface area contributed by atoms with E-state index in [0.29, 0.717) is 17.4 Å². The van der Waals surface area contributed by atoms with Gasteiger partial charge in [-0.2, -0.15) is 15.1 Å². The van der Waals surface area contributed by atoms with Crippen molar-refractivity contribution in [2.75, 3.05) is 16.8 Å². The second kappa shape index (κ2) is 5.93. The molecule has 10 heteroatoms. The Hall–Kier alpha value is -3.14. The number of aliphatic hydroxyl groups excluding tert-OH is 1. The Labute approximate surface area is 160 Å². The average Bonchev–Trinajstić information content (AvgIpc) is 3.08. The van der Waals surface area contributed by atoms with E-state index in [1.807, 2.05) is 24.4 Å². The second-order valence-electron chi connectivity index (χ2n) is 7.83. The fraction of sp³-hybridized carbons (Fsp3) is 0.444. The number of β-amino-alcohol motifs (C(OH)–C–C–N with tert-alkyl or cyclic N) is 1. The lowest BCUT2D eigenvalue weighted by Crippen LogP contribution is -2.37. The van der Waals surface area contributed by atoms with Gasteiger partial charge in [0.05, 0.1) is 6.10 Å². The molecule has 0 spiro atoms. The Kier molecular flexibility index (Phi) is 3.60. The lowest BCUT2D eigenvalue weighted by atomic mass is 10.1. The molecule has 0 radical (unpaired) electrons. The highest BCUT2D eigenvalue weighted by atomic mass is 16.4. The fourth-order valence-electron chi connectivity index (χ4n) is 3.67. The molecule has 2 atom stereocenters. The van der Waals surface area contributed by atoms with Crippen LogP contribution < -0.4 is 10.2 Å². The number of aliphatic hydroxyl groups is 1. The molecule has 0 bridgehead atoms. The number of fused-ring (bicyclic) bond motifs is 1. The summed E-state index contributed by atoms with van der Waals surface area (Å²) in [6, 6.07) is 4.78. The molecule has 3 aromatic heterocycles. The number of carbonyl (C=O) groups is 1. The van der Waals surface area contributed by atoms with E-state index in [4.69, 9.17) is 0 Å². The first-order valence-electron chi connectivity index (χ1n) is 9.28. The predicted octanol–water partition coefficient (Wildman–Crippen LogP) is 1.27. The van der Waals surface area contributed by atoms with E-state index < -0.39 is 18.1 Å². The summed E-state index contributed by atoms with van der Waals surface area (Å²) in [6.45, 7) is 2.38. The van der Waals surface area contributed by atoms with Crippen molar-refractivity contribution in [3.05, 3.63) is 30.1 Å². The van der Waals surface area contributed by atoms with Gasteiger partial charge >= 0.3 is 5.97 Å². The molecule has 146 valence electrons. The number of aromatic nitrogens is 5. The molecule has 3 aromatic rings. The van der Waals surface area contributed by atoms with Crippen LogP contribution in [0.3, 0.4) is 0 Å². The smallest absolute Gasteiger partial charge is 0.326 e. The number of nitrogens with zero attached hydrogens (tertiary/aromatic N) is 5. The molecule has 1 saturated carbocycles. The van der Waals surface area contributed by atoms with Gasteiger partial charge in [-0.15, -0.1) is 0 Å². The van der Waals surface area contributed by atoms with Crippen molar-refractivity contribution in [2.24, 2.45) is 0 Å². The Balaban J connectivity index is 1.51. The molecular formula is C18H21N7O3. The first kappa shape index (κ1) is 17.0. The third-order valence-electron chi connectivity index (χ3n) is 5.66. The number of carboxylic acid groups (broad SMARTS) is 1. The van der Waals surface area contributed by atoms with Crippen LogP contribution in [-0.2, 0) is 10.2 Å². The van der Waals surface area contributed by atoms with E-state index in [2.05, 4.69) is 32.4 Å². The molecule has 1 aliphatic carbocycles. The number of carboxylic acids is 1. The van der Waals surface area contributed by atoms with Crippen LogP contribution in [0.2, 0.25) is 0 Å². The summed E-state index contributed by atoms with van der Waals surface area (Å²) in [5, 5.41) is 30.1. The zero-order valence-corrected chi connectivity index (χ0v) is 15.3. The molecule has 0 aromatic carbocycles. The van der Waals surface area contributed by atoms with Crippen molar-refractivity contribution in [3.8, 4) is 0 Å². The largest absolute Gasteiger partial charge is 0.480 e. The summed E-state index contributed by atoms with van der Waals surface area (Å²) in [4.78, 5) is 22.1. The number of nitrogens with one attached hydrogen (secondary N) is 2. The molecule has 4 N–H and O–H groups in total. The summed E-state index contributed by atoms with van der Waals surface area (Å²) < 4.78 is 1.78. The van der Waals surface area contributed by atoms with Crippen LogP contribution >= 0.6 is 0 Å². The van der Waals surface area contributed by atoms with Crippen LogP contribution in [0.15, 0.2) is 24.4 Å². The van der Waals surface area contributed by atoms with Crippen molar-refractivity contribution < 1.29 is 15.0 Å². The van der Waals surface area contributed by atoms with Gasteiger partial charge in [-0.05, 0) is 25.0 Å². The third kappa shape index (κ3) is 2.76. The van der Waals surface area contributed by atoms with Gasteiger partial charge in [0.2, 0.25) is 11.9 Å². The summed E-state index contributed by atoms with van der Waals surface area (Å²) >= 11 is 0. The summed E-state index contributed by atoms with van der Waals surface area (Å²) in [6.07, 6.45) is 3.53. The summed E-state index contributed by atoms with van der Waals surface area (Å²) in [5.41, 5.74) is 1.89. The minimum absolute atomic E-state index is 0.148. The number of H-pyrrole nitrogens is 1. The van der Waals surface area contributed by atoms with Gasteiger partial charge in [-0.1, -0.05) is 6.92 Å². The summed E-state index contributed by atoms with van der Waals surface area (Å²) in [5.74, 6) is 0.385. The molecule has 2 fully saturated rings. The molecule has 4 heterocycles. The maximum Gasteiger partial charge on any atom is 0.326 e. The van der Waals surface area contributed by atoms with E-state index >= 15 is 0 Å². The molecule has 2 aliphatic rings. The van der Waals surface area contributed by atoms with Gasteiger partial charge in [-0.25, -0.2) is 4.79 Å². The average molecular weight is 383 g/mol. The Morgan fingerprint density at radius 3 is 2.96 bits per heavy atom. The zero-order chi connectivity index (χ0) is 19.5. The summed E-state index contributed by atoms with van der Waals surface area (Å²) in [7, 11) is 0. The number of aliphatic carboxylic acids is 1. The van der Waals surface area contributed by atoms with Crippen molar-refractivity contribution in [3.63, 3.8) is 0 Å². The van der Waals surface area contributed by atoms with Crippen LogP contribution in [-0.4, -0.2) is 59.4 Å². The van der Waals surface area contributed by atoms with Crippen molar-refractivity contribution in [2.45, 2.75) is 43.7 Å². The SMILES string of the molecule is CC1(c2cc(Nc3nc(N4C[C@@H](O)C[C@H]4C(=O)O)nc4cccn34)n[nH]2)CC1. The molecule has 10 nitrogen and oxygen atoms in total.